The van der Waals surface area contributed by atoms with Gasteiger partial charge in [-0.1, -0.05) is 31.4 Å². The molecule has 6 nitrogen and oxygen atoms in total. The molecule has 0 radical (unpaired) electrons. The third-order valence-corrected chi connectivity index (χ3v) is 4.31. The van der Waals surface area contributed by atoms with Crippen LogP contribution in [0.15, 0.2) is 36.9 Å². The van der Waals surface area contributed by atoms with Crippen LogP contribution in [0.5, 0.6) is 0 Å². The lowest BCUT2D eigenvalue weighted by Gasteiger charge is -2.36. The highest BCUT2D eigenvalue weighted by molar-refractivity contribution is 6.01. The molecule has 0 atom stereocenters. The van der Waals surface area contributed by atoms with Crippen LogP contribution in [0.3, 0.4) is 0 Å². The Hall–Kier alpha value is -2.63. The Morgan fingerprint density at radius 3 is 2.46 bits per heavy atom. The van der Waals surface area contributed by atoms with E-state index in [4.69, 9.17) is 5.73 Å². The summed E-state index contributed by atoms with van der Waals surface area (Å²) in [6, 6.07) is 6.18. The first-order valence-electron chi connectivity index (χ1n) is 8.10. The minimum atomic E-state index is -0.916. The molecule has 2 rings (SSSR count). The third kappa shape index (κ3) is 4.01. The first kappa shape index (κ1) is 17.7. The van der Waals surface area contributed by atoms with Crippen molar-refractivity contribution in [1.82, 2.24) is 10.6 Å². The highest BCUT2D eigenvalue weighted by atomic mass is 16.2. The van der Waals surface area contributed by atoms with Gasteiger partial charge in [0.15, 0.2) is 0 Å². The van der Waals surface area contributed by atoms with Gasteiger partial charge in [0, 0.05) is 17.7 Å². The Labute approximate surface area is 141 Å². The summed E-state index contributed by atoms with van der Waals surface area (Å²) in [5.74, 6) is -1.17. The van der Waals surface area contributed by atoms with Gasteiger partial charge in [-0.25, -0.2) is 0 Å². The summed E-state index contributed by atoms with van der Waals surface area (Å²) in [6.45, 7) is 3.94. The van der Waals surface area contributed by atoms with Gasteiger partial charge in [-0.3, -0.25) is 14.4 Å². The summed E-state index contributed by atoms with van der Waals surface area (Å²) >= 11 is 0. The number of hydrogen-bond acceptors (Lipinski definition) is 3. The van der Waals surface area contributed by atoms with Gasteiger partial charge in [0.05, 0.1) is 0 Å². The molecule has 0 aliphatic heterocycles. The molecule has 1 aliphatic carbocycles. The number of rotatable bonds is 6. The molecule has 1 fully saturated rings. The molecular formula is C18H23N3O3. The Morgan fingerprint density at radius 2 is 1.83 bits per heavy atom. The highest BCUT2D eigenvalue weighted by Gasteiger charge is 2.40. The number of benzene rings is 1. The van der Waals surface area contributed by atoms with E-state index in [-0.39, 0.29) is 17.4 Å². The van der Waals surface area contributed by atoms with E-state index in [0.29, 0.717) is 24.9 Å². The van der Waals surface area contributed by atoms with E-state index in [2.05, 4.69) is 17.2 Å². The molecule has 0 bridgehead atoms. The van der Waals surface area contributed by atoms with Crippen molar-refractivity contribution in [3.63, 3.8) is 0 Å². The molecule has 1 aromatic rings. The summed E-state index contributed by atoms with van der Waals surface area (Å²) < 4.78 is 0. The number of carbonyl (C=O) groups is 3. The van der Waals surface area contributed by atoms with Crippen LogP contribution in [0.2, 0.25) is 0 Å². The van der Waals surface area contributed by atoms with E-state index < -0.39 is 11.4 Å². The zero-order valence-corrected chi connectivity index (χ0v) is 13.6. The van der Waals surface area contributed by atoms with E-state index in [1.807, 2.05) is 0 Å². The van der Waals surface area contributed by atoms with Crippen LogP contribution in [0.4, 0.5) is 0 Å². The molecule has 24 heavy (non-hydrogen) atoms. The number of nitrogens with two attached hydrogens (primary N) is 1. The third-order valence-electron chi connectivity index (χ3n) is 4.31. The molecule has 0 saturated heterocycles. The molecule has 1 aliphatic rings. The second kappa shape index (κ2) is 7.77. The van der Waals surface area contributed by atoms with Crippen molar-refractivity contribution in [2.24, 2.45) is 5.73 Å². The van der Waals surface area contributed by atoms with Crippen LogP contribution >= 0.6 is 0 Å². The molecule has 128 valence electrons. The minimum Gasteiger partial charge on any atom is -0.366 e. The van der Waals surface area contributed by atoms with Gasteiger partial charge in [-0.15, -0.1) is 6.58 Å². The zero-order chi connectivity index (χ0) is 17.6. The average Bonchev–Trinajstić information content (AvgIpc) is 2.60. The molecule has 6 heteroatoms. The van der Waals surface area contributed by atoms with E-state index >= 15 is 0 Å². The van der Waals surface area contributed by atoms with Gasteiger partial charge < -0.3 is 16.4 Å². The molecule has 4 N–H and O–H groups in total. The van der Waals surface area contributed by atoms with Gasteiger partial charge in [0.25, 0.3) is 5.91 Å². The maximum atomic E-state index is 12.6. The van der Waals surface area contributed by atoms with Crippen molar-refractivity contribution in [1.29, 1.82) is 0 Å². The van der Waals surface area contributed by atoms with Crippen molar-refractivity contribution in [3.05, 3.63) is 48.0 Å². The summed E-state index contributed by atoms with van der Waals surface area (Å²) in [5.41, 5.74) is 4.91. The Morgan fingerprint density at radius 1 is 1.17 bits per heavy atom. The van der Waals surface area contributed by atoms with E-state index in [9.17, 15) is 14.4 Å². The fraction of sp³-hybridized carbons (Fsp3) is 0.389. The van der Waals surface area contributed by atoms with Crippen molar-refractivity contribution < 1.29 is 14.4 Å². The summed E-state index contributed by atoms with van der Waals surface area (Å²) in [7, 11) is 0. The Bertz CT molecular complexity index is 649. The summed E-state index contributed by atoms with van der Waals surface area (Å²) in [4.78, 5) is 36.5. The van der Waals surface area contributed by atoms with Crippen LogP contribution in [0.25, 0.3) is 0 Å². The van der Waals surface area contributed by atoms with Crippen molar-refractivity contribution in [2.75, 3.05) is 6.54 Å². The maximum absolute atomic E-state index is 12.6. The molecule has 3 amide bonds. The quantitative estimate of drug-likeness (QED) is 0.690. The number of nitrogens with one attached hydrogen (secondary N) is 2. The van der Waals surface area contributed by atoms with Crippen molar-refractivity contribution in [3.8, 4) is 0 Å². The van der Waals surface area contributed by atoms with Gasteiger partial charge >= 0.3 is 0 Å². The first-order valence-corrected chi connectivity index (χ1v) is 8.10. The Kier molecular flexibility index (Phi) is 5.73. The lowest BCUT2D eigenvalue weighted by Crippen LogP contribution is -2.59. The fourth-order valence-corrected chi connectivity index (χ4v) is 3.00. The van der Waals surface area contributed by atoms with Crippen LogP contribution in [-0.2, 0) is 4.79 Å². The molecule has 1 saturated carbocycles. The van der Waals surface area contributed by atoms with Gasteiger partial charge in [-0.2, -0.15) is 0 Å². The largest absolute Gasteiger partial charge is 0.366 e. The molecule has 0 unspecified atom stereocenters. The van der Waals surface area contributed by atoms with E-state index in [1.54, 1.807) is 24.3 Å². The second-order valence-electron chi connectivity index (χ2n) is 6.04. The smallest absolute Gasteiger partial charge is 0.252 e. The fourth-order valence-electron chi connectivity index (χ4n) is 3.00. The minimum absolute atomic E-state index is 0.193. The summed E-state index contributed by atoms with van der Waals surface area (Å²) in [5, 5.41) is 5.67. The normalized spacial score (nSPS) is 16.0. The monoisotopic (exact) mass is 329 g/mol. The maximum Gasteiger partial charge on any atom is 0.252 e. The molecular weight excluding hydrogens is 306 g/mol. The second-order valence-corrected chi connectivity index (χ2v) is 6.04. The first-order chi connectivity index (χ1) is 11.5. The van der Waals surface area contributed by atoms with Crippen LogP contribution in [0.1, 0.15) is 52.8 Å². The number of carbonyl (C=O) groups excluding carboxylic acids is 3. The summed E-state index contributed by atoms with van der Waals surface area (Å²) in [6.07, 6.45) is 5.59. The van der Waals surface area contributed by atoms with Crippen LogP contribution in [-0.4, -0.2) is 29.8 Å². The molecule has 0 heterocycles. The van der Waals surface area contributed by atoms with E-state index in [0.717, 1.165) is 19.3 Å². The van der Waals surface area contributed by atoms with Crippen LogP contribution < -0.4 is 16.4 Å². The molecule has 0 aromatic heterocycles. The van der Waals surface area contributed by atoms with Crippen molar-refractivity contribution in [2.45, 2.75) is 37.6 Å². The topological polar surface area (TPSA) is 101 Å². The molecule has 1 aromatic carbocycles. The van der Waals surface area contributed by atoms with Crippen LogP contribution in [0, 0.1) is 0 Å². The van der Waals surface area contributed by atoms with E-state index in [1.165, 1.54) is 6.07 Å². The zero-order valence-electron chi connectivity index (χ0n) is 13.6. The number of amides is 3. The van der Waals surface area contributed by atoms with Gasteiger partial charge in [0.1, 0.15) is 5.54 Å². The lowest BCUT2D eigenvalue weighted by atomic mass is 9.80. The van der Waals surface area contributed by atoms with Crippen molar-refractivity contribution >= 4 is 17.7 Å². The predicted octanol–water partition coefficient (Wildman–Crippen LogP) is 1.52. The highest BCUT2D eigenvalue weighted by Crippen LogP contribution is 2.29. The van der Waals surface area contributed by atoms with Gasteiger partial charge in [0.2, 0.25) is 11.8 Å². The Balaban J connectivity index is 2.21. The average molecular weight is 329 g/mol. The lowest BCUT2D eigenvalue weighted by molar-refractivity contribution is -0.128. The molecule has 0 spiro atoms. The van der Waals surface area contributed by atoms with Gasteiger partial charge in [-0.05, 0) is 31.0 Å². The SMILES string of the molecule is C=CCNC(=O)C1(NC(=O)c2cccc(C(N)=O)c2)CCCCC1. The standard InChI is InChI=1S/C18H23N3O3/c1-2-11-20-17(24)18(9-4-3-5-10-18)21-16(23)14-8-6-7-13(12-14)15(19)22/h2,6-8,12H,1,3-5,9-11H2,(H2,19,22)(H,20,24)(H,21,23). The predicted molar refractivity (Wildman–Crippen MR) is 91.4 cm³/mol. The number of hydrogen-bond donors (Lipinski definition) is 3. The number of primary amides is 1.